The van der Waals surface area contributed by atoms with Crippen molar-refractivity contribution in [3.05, 3.63) is 65.9 Å². The normalized spacial score (nSPS) is 17.5. The molecule has 4 rings (SSSR count). The van der Waals surface area contributed by atoms with Crippen molar-refractivity contribution in [2.45, 2.75) is 25.6 Å². The first kappa shape index (κ1) is 17.6. The summed E-state index contributed by atoms with van der Waals surface area (Å²) < 4.78 is 39.7. The van der Waals surface area contributed by atoms with Crippen LogP contribution < -0.4 is 10.2 Å². The molecule has 140 valence electrons. The first-order chi connectivity index (χ1) is 12.9. The van der Waals surface area contributed by atoms with Gasteiger partial charge >= 0.3 is 6.18 Å². The Morgan fingerprint density at radius 1 is 1.07 bits per heavy atom. The van der Waals surface area contributed by atoms with Crippen molar-refractivity contribution >= 4 is 22.3 Å². The number of benzene rings is 2. The van der Waals surface area contributed by atoms with Gasteiger partial charge in [-0.25, -0.2) is 4.98 Å². The van der Waals surface area contributed by atoms with Gasteiger partial charge in [-0.3, -0.25) is 0 Å². The summed E-state index contributed by atoms with van der Waals surface area (Å²) in [5.41, 5.74) is 1.47. The van der Waals surface area contributed by atoms with E-state index in [1.807, 2.05) is 25.1 Å². The Kier molecular flexibility index (Phi) is 4.42. The van der Waals surface area contributed by atoms with Crippen LogP contribution >= 0.6 is 0 Å². The summed E-state index contributed by atoms with van der Waals surface area (Å²) in [6.45, 7) is 3.64. The Hall–Kier alpha value is -2.76. The van der Waals surface area contributed by atoms with Gasteiger partial charge in [-0.15, -0.1) is 0 Å². The van der Waals surface area contributed by atoms with Crippen LogP contribution in [0.3, 0.4) is 0 Å². The van der Waals surface area contributed by atoms with E-state index >= 15 is 0 Å². The van der Waals surface area contributed by atoms with E-state index in [0.717, 1.165) is 31.3 Å². The van der Waals surface area contributed by atoms with Crippen LogP contribution in [0.5, 0.6) is 0 Å². The van der Waals surface area contributed by atoms with E-state index in [0.29, 0.717) is 16.6 Å². The monoisotopic (exact) mass is 371 g/mol. The zero-order valence-corrected chi connectivity index (χ0v) is 14.9. The third kappa shape index (κ3) is 3.70. The third-order valence-corrected chi connectivity index (χ3v) is 4.93. The number of rotatable bonds is 3. The lowest BCUT2D eigenvalue weighted by Crippen LogP contribution is -2.26. The molecule has 1 fully saturated rings. The molecule has 2 heterocycles. The maximum Gasteiger partial charge on any atom is 0.433 e. The molecule has 1 atom stereocenters. The van der Waals surface area contributed by atoms with Gasteiger partial charge in [-0.05, 0) is 42.5 Å². The summed E-state index contributed by atoms with van der Waals surface area (Å²) in [6.07, 6.45) is -3.62. The molecule has 3 aromatic rings. The largest absolute Gasteiger partial charge is 0.433 e. The molecule has 1 unspecified atom stereocenters. The van der Waals surface area contributed by atoms with Crippen molar-refractivity contribution in [1.29, 1.82) is 0 Å². The number of fused-ring (bicyclic) bond motifs is 1. The molecule has 0 aliphatic carbocycles. The molecule has 27 heavy (non-hydrogen) atoms. The number of alkyl halides is 3. The van der Waals surface area contributed by atoms with Crippen molar-refractivity contribution in [2.24, 2.45) is 0 Å². The molecule has 0 radical (unpaired) electrons. The van der Waals surface area contributed by atoms with Crippen LogP contribution in [0, 0.1) is 6.92 Å². The number of nitrogens with zero attached hydrogens (tertiary/aromatic N) is 2. The van der Waals surface area contributed by atoms with E-state index < -0.39 is 11.9 Å². The topological polar surface area (TPSA) is 28.2 Å². The number of aryl methyl sites for hydroxylation is 1. The molecule has 0 bridgehead atoms. The number of nitrogens with one attached hydrogen (secondary N) is 1. The Labute approximate surface area is 155 Å². The molecule has 1 aromatic heterocycles. The summed E-state index contributed by atoms with van der Waals surface area (Å²) in [6, 6.07) is 16.5. The Morgan fingerprint density at radius 2 is 1.89 bits per heavy atom. The second-order valence-electron chi connectivity index (χ2n) is 6.99. The molecule has 3 nitrogen and oxygen atoms in total. The van der Waals surface area contributed by atoms with Gasteiger partial charge in [0.25, 0.3) is 0 Å². The third-order valence-electron chi connectivity index (χ3n) is 4.93. The fourth-order valence-electron chi connectivity index (χ4n) is 3.58. The van der Waals surface area contributed by atoms with Gasteiger partial charge in [0, 0.05) is 30.2 Å². The van der Waals surface area contributed by atoms with Crippen molar-refractivity contribution in [3.63, 3.8) is 0 Å². The summed E-state index contributed by atoms with van der Waals surface area (Å²) >= 11 is 0. The fourth-order valence-corrected chi connectivity index (χ4v) is 3.58. The first-order valence-corrected chi connectivity index (χ1v) is 8.95. The maximum atomic E-state index is 13.2. The van der Waals surface area contributed by atoms with Crippen LogP contribution in [0.2, 0.25) is 0 Å². The number of hydrogen-bond acceptors (Lipinski definition) is 3. The predicted octanol–water partition coefficient (Wildman–Crippen LogP) is 5.25. The number of aromatic nitrogens is 1. The maximum absolute atomic E-state index is 13.2. The van der Waals surface area contributed by atoms with Gasteiger partial charge in [-0.2, -0.15) is 13.2 Å². The molecular weight excluding hydrogens is 351 g/mol. The molecule has 2 aromatic carbocycles. The minimum Gasteiger partial charge on any atom is -0.369 e. The summed E-state index contributed by atoms with van der Waals surface area (Å²) in [5, 5.41) is 4.50. The van der Waals surface area contributed by atoms with E-state index in [9.17, 15) is 13.2 Å². The van der Waals surface area contributed by atoms with E-state index in [1.165, 1.54) is 5.56 Å². The molecule has 1 N–H and O–H groups in total. The lowest BCUT2D eigenvalue weighted by atomic mass is 10.1. The van der Waals surface area contributed by atoms with Gasteiger partial charge in [-0.1, -0.05) is 36.4 Å². The van der Waals surface area contributed by atoms with Gasteiger partial charge in [0.1, 0.15) is 11.5 Å². The number of halogens is 3. The van der Waals surface area contributed by atoms with Gasteiger partial charge in [0.05, 0.1) is 0 Å². The predicted molar refractivity (Wildman–Crippen MR) is 102 cm³/mol. The smallest absolute Gasteiger partial charge is 0.369 e. The lowest BCUT2D eigenvalue weighted by molar-refractivity contribution is -0.141. The zero-order chi connectivity index (χ0) is 19.0. The molecular formula is C21H20F3N3. The number of pyridine rings is 1. The minimum atomic E-state index is -4.47. The Morgan fingerprint density at radius 3 is 2.67 bits per heavy atom. The SMILES string of the molecule is Cc1cccc(N2CCC(Nc3nc(C(F)(F)F)cc4ccccc34)C2)c1. The molecule has 1 aliphatic heterocycles. The highest BCUT2D eigenvalue weighted by Gasteiger charge is 2.34. The highest BCUT2D eigenvalue weighted by atomic mass is 19.4. The van der Waals surface area contributed by atoms with Crippen molar-refractivity contribution in [1.82, 2.24) is 4.98 Å². The molecule has 1 saturated heterocycles. The lowest BCUT2D eigenvalue weighted by Gasteiger charge is -2.20. The van der Waals surface area contributed by atoms with Crippen LogP contribution in [0.15, 0.2) is 54.6 Å². The summed E-state index contributed by atoms with van der Waals surface area (Å²) in [5.74, 6) is 0.302. The van der Waals surface area contributed by atoms with E-state index in [4.69, 9.17) is 0 Å². The van der Waals surface area contributed by atoms with Gasteiger partial charge in [0.15, 0.2) is 0 Å². The fraction of sp³-hybridized carbons (Fsp3) is 0.286. The summed E-state index contributed by atoms with van der Waals surface area (Å²) in [7, 11) is 0. The van der Waals surface area contributed by atoms with E-state index in [-0.39, 0.29) is 6.04 Å². The second kappa shape index (κ2) is 6.76. The molecule has 0 saturated carbocycles. The molecule has 0 spiro atoms. The van der Waals surface area contributed by atoms with Crippen LogP contribution in [0.4, 0.5) is 24.7 Å². The van der Waals surface area contributed by atoms with E-state index in [1.54, 1.807) is 18.2 Å². The average molecular weight is 371 g/mol. The highest BCUT2D eigenvalue weighted by molar-refractivity contribution is 5.92. The zero-order valence-electron chi connectivity index (χ0n) is 14.9. The van der Waals surface area contributed by atoms with Gasteiger partial charge in [0.2, 0.25) is 0 Å². The van der Waals surface area contributed by atoms with Crippen molar-refractivity contribution in [3.8, 4) is 0 Å². The highest BCUT2D eigenvalue weighted by Crippen LogP contribution is 2.33. The Balaban J connectivity index is 1.60. The van der Waals surface area contributed by atoms with Crippen LogP contribution in [-0.2, 0) is 6.18 Å². The van der Waals surface area contributed by atoms with E-state index in [2.05, 4.69) is 27.3 Å². The number of hydrogen-bond donors (Lipinski definition) is 1. The molecule has 1 aliphatic rings. The second-order valence-corrected chi connectivity index (χ2v) is 6.99. The van der Waals surface area contributed by atoms with Crippen LogP contribution in [0.25, 0.3) is 10.8 Å². The number of anilines is 2. The average Bonchev–Trinajstić information content (AvgIpc) is 3.09. The summed E-state index contributed by atoms with van der Waals surface area (Å²) in [4.78, 5) is 6.14. The standard InChI is InChI=1S/C21H20F3N3/c1-14-5-4-7-17(11-14)27-10-9-16(13-27)25-20-18-8-3-2-6-15(18)12-19(26-20)21(22,23)24/h2-8,11-12,16H,9-10,13H2,1H3,(H,25,26). The molecule has 6 heteroatoms. The van der Waals surface area contributed by atoms with Crippen LogP contribution in [-0.4, -0.2) is 24.1 Å². The Bertz CT molecular complexity index is 968. The quantitative estimate of drug-likeness (QED) is 0.681. The molecule has 0 amide bonds. The van der Waals surface area contributed by atoms with Crippen molar-refractivity contribution < 1.29 is 13.2 Å². The van der Waals surface area contributed by atoms with Crippen LogP contribution in [0.1, 0.15) is 17.7 Å². The first-order valence-electron chi connectivity index (χ1n) is 8.95. The van der Waals surface area contributed by atoms with Crippen molar-refractivity contribution in [2.75, 3.05) is 23.3 Å². The van der Waals surface area contributed by atoms with Gasteiger partial charge < -0.3 is 10.2 Å². The minimum absolute atomic E-state index is 0.0462.